The fraction of sp³-hybridized carbons (Fsp3) is 0.917. The van der Waals surface area contributed by atoms with E-state index in [2.05, 4.69) is 0 Å². The second-order valence-electron chi connectivity index (χ2n) is 5.22. The number of ether oxygens (including phenoxy) is 1. The Labute approximate surface area is 107 Å². The van der Waals surface area contributed by atoms with Crippen LogP contribution in [0.4, 0.5) is 0 Å². The zero-order valence-corrected chi connectivity index (χ0v) is 10.8. The van der Waals surface area contributed by atoms with Crippen molar-refractivity contribution < 1.29 is 24.9 Å². The van der Waals surface area contributed by atoms with Gasteiger partial charge in [-0.05, 0) is 32.1 Å². The second kappa shape index (κ2) is 6.47. The van der Waals surface area contributed by atoms with E-state index in [1.165, 1.54) is 0 Å². The van der Waals surface area contributed by atoms with E-state index >= 15 is 0 Å². The maximum atomic E-state index is 10.6. The summed E-state index contributed by atoms with van der Waals surface area (Å²) in [6.45, 7) is 3.68. The van der Waals surface area contributed by atoms with Gasteiger partial charge in [0.25, 0.3) is 0 Å². The molecule has 0 radical (unpaired) electrons. The van der Waals surface area contributed by atoms with Gasteiger partial charge in [-0.3, -0.25) is 4.79 Å². The van der Waals surface area contributed by atoms with Crippen molar-refractivity contribution >= 4 is 5.97 Å². The summed E-state index contributed by atoms with van der Waals surface area (Å²) >= 11 is 0. The summed E-state index contributed by atoms with van der Waals surface area (Å²) in [4.78, 5) is 10.6. The van der Waals surface area contributed by atoms with Crippen LogP contribution in [0, 0.1) is 5.92 Å². The van der Waals surface area contributed by atoms with Crippen LogP contribution in [0.15, 0.2) is 0 Å². The Bertz CT molecular complexity index is 286. The average Bonchev–Trinajstić information content (AvgIpc) is 2.54. The lowest BCUT2D eigenvalue weighted by molar-refractivity contribution is -0.138. The summed E-state index contributed by atoms with van der Waals surface area (Å²) < 4.78 is 5.46. The number of carboxylic acids is 1. The number of aliphatic hydroxyl groups excluding tert-OH is 2. The van der Waals surface area contributed by atoms with E-state index in [9.17, 15) is 15.0 Å². The maximum Gasteiger partial charge on any atom is 0.320 e. The van der Waals surface area contributed by atoms with Gasteiger partial charge in [-0.2, -0.15) is 0 Å². The van der Waals surface area contributed by atoms with Crippen LogP contribution in [0.2, 0.25) is 0 Å². The van der Waals surface area contributed by atoms with Crippen LogP contribution in [-0.4, -0.2) is 51.7 Å². The van der Waals surface area contributed by atoms with Gasteiger partial charge in [-0.25, -0.2) is 0 Å². The van der Waals surface area contributed by atoms with Gasteiger partial charge < -0.3 is 25.8 Å². The Balaban J connectivity index is 2.32. The third kappa shape index (κ3) is 3.91. The summed E-state index contributed by atoms with van der Waals surface area (Å²) in [6.07, 6.45) is -0.805. The van der Waals surface area contributed by atoms with Crippen LogP contribution in [-0.2, 0) is 9.53 Å². The predicted molar refractivity (Wildman–Crippen MR) is 65.0 cm³/mol. The fourth-order valence-electron chi connectivity index (χ4n) is 2.23. The summed E-state index contributed by atoms with van der Waals surface area (Å²) in [5, 5.41) is 28.0. The number of rotatable bonds is 6. The van der Waals surface area contributed by atoms with Crippen LogP contribution in [0.5, 0.6) is 0 Å². The van der Waals surface area contributed by atoms with Crippen molar-refractivity contribution in [3.05, 3.63) is 0 Å². The maximum absolute atomic E-state index is 10.6. The van der Waals surface area contributed by atoms with Crippen molar-refractivity contribution in [1.82, 2.24) is 0 Å². The highest BCUT2D eigenvalue weighted by Crippen LogP contribution is 2.27. The highest BCUT2D eigenvalue weighted by Gasteiger charge is 2.40. The number of nitrogens with two attached hydrogens (primary N) is 1. The molecule has 0 bridgehead atoms. The molecule has 6 heteroatoms. The Hall–Kier alpha value is -0.690. The first-order chi connectivity index (χ1) is 8.32. The molecule has 0 spiro atoms. The molecule has 1 heterocycles. The normalized spacial score (nSPS) is 35.4. The number of hydrogen-bond acceptors (Lipinski definition) is 5. The van der Waals surface area contributed by atoms with E-state index in [1.54, 1.807) is 6.92 Å². The van der Waals surface area contributed by atoms with Crippen LogP contribution in [0.1, 0.15) is 33.1 Å². The molecule has 18 heavy (non-hydrogen) atoms. The monoisotopic (exact) mass is 261 g/mol. The van der Waals surface area contributed by atoms with Crippen molar-refractivity contribution in [2.75, 3.05) is 0 Å². The molecule has 0 aromatic carbocycles. The summed E-state index contributed by atoms with van der Waals surface area (Å²) in [6, 6.07) is -0.841. The van der Waals surface area contributed by atoms with Crippen LogP contribution >= 0.6 is 0 Å². The van der Waals surface area contributed by atoms with Crippen molar-refractivity contribution in [3.8, 4) is 0 Å². The summed E-state index contributed by atoms with van der Waals surface area (Å²) in [5.74, 6) is -0.809. The summed E-state index contributed by atoms with van der Waals surface area (Å²) in [5.41, 5.74) is 5.42. The standard InChI is InChI=1S/C12H23NO5/c1-6(3-4-8(13)12(16)17)5-9-11(15)10(14)7(2)18-9/h6-11,14-15H,3-5,13H2,1-2H3,(H,16,17)/t6-,7?,8-,9?,10+,11-/m1/s1. The molecular weight excluding hydrogens is 238 g/mol. The average molecular weight is 261 g/mol. The molecule has 1 rings (SSSR count). The highest BCUT2D eigenvalue weighted by molar-refractivity contribution is 5.72. The molecule has 1 fully saturated rings. The Kier molecular flexibility index (Phi) is 5.52. The van der Waals surface area contributed by atoms with Crippen molar-refractivity contribution in [3.63, 3.8) is 0 Å². The van der Waals surface area contributed by atoms with Crippen LogP contribution in [0.25, 0.3) is 0 Å². The quantitative estimate of drug-likeness (QED) is 0.523. The number of aliphatic carboxylic acids is 1. The van der Waals surface area contributed by atoms with Gasteiger partial charge in [-0.15, -0.1) is 0 Å². The first kappa shape index (κ1) is 15.4. The minimum Gasteiger partial charge on any atom is -0.480 e. The molecule has 6 nitrogen and oxygen atoms in total. The molecule has 0 aromatic heterocycles. The van der Waals surface area contributed by atoms with Crippen LogP contribution < -0.4 is 5.73 Å². The van der Waals surface area contributed by atoms with Gasteiger partial charge in [0.15, 0.2) is 0 Å². The summed E-state index contributed by atoms with van der Waals surface area (Å²) in [7, 11) is 0. The third-order valence-corrected chi connectivity index (χ3v) is 3.52. The van der Waals surface area contributed by atoms with Gasteiger partial charge in [0.1, 0.15) is 18.2 Å². The van der Waals surface area contributed by atoms with Crippen molar-refractivity contribution in [2.24, 2.45) is 11.7 Å². The molecule has 1 saturated heterocycles. The molecule has 0 aromatic rings. The number of carboxylic acid groups (broad SMARTS) is 1. The van der Waals surface area contributed by atoms with Gasteiger partial charge in [0.05, 0.1) is 12.2 Å². The van der Waals surface area contributed by atoms with E-state index in [4.69, 9.17) is 15.6 Å². The molecule has 106 valence electrons. The molecule has 0 aliphatic carbocycles. The van der Waals surface area contributed by atoms with Crippen molar-refractivity contribution in [2.45, 2.75) is 63.6 Å². The van der Waals surface area contributed by atoms with E-state index in [0.717, 1.165) is 0 Å². The third-order valence-electron chi connectivity index (χ3n) is 3.52. The molecule has 0 saturated carbocycles. The van der Waals surface area contributed by atoms with E-state index in [-0.39, 0.29) is 18.1 Å². The minimum absolute atomic E-state index is 0.188. The highest BCUT2D eigenvalue weighted by atomic mass is 16.5. The smallest absolute Gasteiger partial charge is 0.320 e. The lowest BCUT2D eigenvalue weighted by atomic mass is 9.93. The molecule has 5 N–H and O–H groups in total. The first-order valence-corrected chi connectivity index (χ1v) is 6.33. The van der Waals surface area contributed by atoms with Crippen molar-refractivity contribution in [1.29, 1.82) is 0 Å². The Morgan fingerprint density at radius 3 is 2.39 bits per heavy atom. The molecule has 0 amide bonds. The molecule has 1 aliphatic rings. The number of hydrogen-bond donors (Lipinski definition) is 4. The van der Waals surface area contributed by atoms with Gasteiger partial charge >= 0.3 is 5.97 Å². The Morgan fingerprint density at radius 1 is 1.33 bits per heavy atom. The number of aliphatic hydroxyl groups is 2. The Morgan fingerprint density at radius 2 is 1.94 bits per heavy atom. The molecule has 6 atom stereocenters. The van der Waals surface area contributed by atoms with E-state index in [0.29, 0.717) is 19.3 Å². The zero-order chi connectivity index (χ0) is 13.9. The van der Waals surface area contributed by atoms with Gasteiger partial charge in [-0.1, -0.05) is 6.92 Å². The predicted octanol–water partition coefficient (Wildman–Crippen LogP) is -0.286. The minimum atomic E-state index is -0.997. The SMILES string of the molecule is CC1OC(C[C@H](C)CC[C@@H](N)C(=O)O)[C@@H](O)[C@H]1O. The largest absolute Gasteiger partial charge is 0.480 e. The molecule has 2 unspecified atom stereocenters. The lowest BCUT2D eigenvalue weighted by Gasteiger charge is -2.19. The molecular formula is C12H23NO5. The van der Waals surface area contributed by atoms with E-state index < -0.39 is 24.2 Å². The fourth-order valence-corrected chi connectivity index (χ4v) is 2.23. The van der Waals surface area contributed by atoms with E-state index in [1.807, 2.05) is 6.92 Å². The lowest BCUT2D eigenvalue weighted by Crippen LogP contribution is -2.33. The second-order valence-corrected chi connectivity index (χ2v) is 5.22. The van der Waals surface area contributed by atoms with Gasteiger partial charge in [0.2, 0.25) is 0 Å². The van der Waals surface area contributed by atoms with Gasteiger partial charge in [0, 0.05) is 0 Å². The zero-order valence-electron chi connectivity index (χ0n) is 10.8. The topological polar surface area (TPSA) is 113 Å². The van der Waals surface area contributed by atoms with Crippen LogP contribution in [0.3, 0.4) is 0 Å². The number of carbonyl (C=O) groups is 1. The molecule has 1 aliphatic heterocycles. The first-order valence-electron chi connectivity index (χ1n) is 6.33.